The number of ether oxygens (including phenoxy) is 3. The van der Waals surface area contributed by atoms with Gasteiger partial charge in [-0.1, -0.05) is 12.1 Å². The van der Waals surface area contributed by atoms with E-state index in [4.69, 9.17) is 18.6 Å². The fourth-order valence-electron chi connectivity index (χ4n) is 7.46. The van der Waals surface area contributed by atoms with Gasteiger partial charge >= 0.3 is 17.9 Å². The number of benzene rings is 3. The standard InChI is InChI=1S/C29H20O11S/c30-21-15-5-12-6-16(21)11-29(9-12,10-15)28(33)40-25-23-19(20-22(38-23)24(25)39-27(20)32)26(31)37-17-3-1-14-8-18(41(34,35)36)4-2-13(14)7-17/h1-4,7-8,12,15-16H,5-6,9-11H2,(H,34,35,36). The van der Waals surface area contributed by atoms with Gasteiger partial charge in [0, 0.05) is 11.8 Å². The maximum Gasteiger partial charge on any atom is 0.348 e. The number of rotatable bonds is 5. The van der Waals surface area contributed by atoms with Crippen LogP contribution in [0.3, 0.4) is 0 Å². The average Bonchev–Trinajstić information content (AvgIpc) is 3.54. The van der Waals surface area contributed by atoms with Gasteiger partial charge in [-0.05, 0) is 73.1 Å². The normalized spacial score (nSPS) is 26.2. The van der Waals surface area contributed by atoms with Crippen LogP contribution in [-0.4, -0.2) is 36.7 Å². The number of ketones is 1. The van der Waals surface area contributed by atoms with Crippen LogP contribution in [0.1, 0.15) is 52.8 Å². The van der Waals surface area contributed by atoms with Crippen LogP contribution in [-0.2, 0) is 19.7 Å². The zero-order valence-electron chi connectivity index (χ0n) is 21.2. The highest BCUT2D eigenvalue weighted by Crippen LogP contribution is 2.60. The van der Waals surface area contributed by atoms with Gasteiger partial charge in [-0.3, -0.25) is 14.1 Å². The van der Waals surface area contributed by atoms with Crippen molar-refractivity contribution in [3.8, 4) is 17.2 Å². The molecule has 2 atom stereocenters. The fourth-order valence-corrected chi connectivity index (χ4v) is 7.97. The number of esters is 3. The van der Waals surface area contributed by atoms with Crippen LogP contribution in [0.15, 0.2) is 45.7 Å². The van der Waals surface area contributed by atoms with Gasteiger partial charge in [0.05, 0.1) is 10.3 Å². The van der Waals surface area contributed by atoms with Gasteiger partial charge in [-0.2, -0.15) is 8.42 Å². The lowest BCUT2D eigenvalue weighted by atomic mass is 9.49. The van der Waals surface area contributed by atoms with Gasteiger partial charge in [-0.25, -0.2) is 9.59 Å². The number of hydrogen-bond donors (Lipinski definition) is 1. The largest absolute Gasteiger partial charge is 0.447 e. The van der Waals surface area contributed by atoms with E-state index in [2.05, 4.69) is 0 Å². The molecule has 0 spiro atoms. The van der Waals surface area contributed by atoms with E-state index < -0.39 is 33.4 Å². The highest BCUT2D eigenvalue weighted by molar-refractivity contribution is 7.85. The molecule has 4 aromatic rings. The van der Waals surface area contributed by atoms with E-state index in [0.717, 1.165) is 12.8 Å². The SMILES string of the molecule is O=C1Oc2c(OC(=O)C34CC5CC(C3)C(=O)C(C5)C4)c3oc2c1c3C(=O)Oc1ccc2cc(S(=O)(=O)O)ccc2c1. The molecule has 0 amide bonds. The molecule has 6 bridgehead atoms. The molecular formula is C29H20O11S. The lowest BCUT2D eigenvalue weighted by molar-refractivity contribution is -0.167. The molecule has 12 heteroatoms. The second kappa shape index (κ2) is 7.92. The highest BCUT2D eigenvalue weighted by Gasteiger charge is 2.59. The van der Waals surface area contributed by atoms with Gasteiger partial charge in [0.2, 0.25) is 11.5 Å². The van der Waals surface area contributed by atoms with E-state index >= 15 is 0 Å². The number of furan rings is 2. The topological polar surface area (TPSA) is 163 Å². The maximum atomic E-state index is 13.6. The summed E-state index contributed by atoms with van der Waals surface area (Å²) in [5, 5.41) is 1.00. The Morgan fingerprint density at radius 2 is 1.63 bits per heavy atom. The van der Waals surface area contributed by atoms with E-state index in [1.807, 2.05) is 0 Å². The Morgan fingerprint density at radius 3 is 2.37 bits per heavy atom. The average molecular weight is 577 g/mol. The molecule has 4 saturated carbocycles. The Bertz CT molecular complexity index is 1970. The van der Waals surface area contributed by atoms with Crippen molar-refractivity contribution in [3.05, 3.63) is 47.5 Å². The Balaban J connectivity index is 1.10. The first-order chi connectivity index (χ1) is 19.5. The molecule has 0 saturated heterocycles. The predicted octanol–water partition coefficient (Wildman–Crippen LogP) is 4.32. The summed E-state index contributed by atoms with van der Waals surface area (Å²) in [4.78, 5) is 51.9. The van der Waals surface area contributed by atoms with Crippen LogP contribution in [0.4, 0.5) is 0 Å². The first-order valence-corrected chi connectivity index (χ1v) is 14.6. The molecular weight excluding hydrogens is 556 g/mol. The number of fused-ring (bicyclic) bond motifs is 2. The summed E-state index contributed by atoms with van der Waals surface area (Å²) in [7, 11) is -4.39. The molecule has 4 fully saturated rings. The highest BCUT2D eigenvalue weighted by atomic mass is 32.2. The van der Waals surface area contributed by atoms with Crippen molar-refractivity contribution in [3.63, 3.8) is 0 Å². The molecule has 11 nitrogen and oxygen atoms in total. The van der Waals surface area contributed by atoms with Gasteiger partial charge in [0.1, 0.15) is 22.7 Å². The quantitative estimate of drug-likeness (QED) is 0.204. The summed E-state index contributed by atoms with van der Waals surface area (Å²) in [5.74, 6) is -2.17. The van der Waals surface area contributed by atoms with Crippen molar-refractivity contribution in [2.45, 2.75) is 37.0 Å². The molecule has 4 aliphatic carbocycles. The van der Waals surface area contributed by atoms with E-state index in [9.17, 15) is 32.1 Å². The lowest BCUT2D eigenvalue weighted by Crippen LogP contribution is -2.55. The fraction of sp³-hybridized carbons (Fsp3) is 0.310. The van der Waals surface area contributed by atoms with Gasteiger partial charge in [0.25, 0.3) is 10.1 Å². The number of carbonyl (C=O) groups is 4. The van der Waals surface area contributed by atoms with Gasteiger partial charge in [0.15, 0.2) is 11.2 Å². The first kappa shape index (κ1) is 24.5. The summed E-state index contributed by atoms with van der Waals surface area (Å²) in [5.41, 5.74) is -1.28. The second-order valence-corrected chi connectivity index (χ2v) is 12.9. The van der Waals surface area contributed by atoms with E-state index in [1.54, 1.807) is 0 Å². The van der Waals surface area contributed by atoms with E-state index in [1.165, 1.54) is 36.4 Å². The van der Waals surface area contributed by atoms with Crippen LogP contribution in [0, 0.1) is 23.2 Å². The van der Waals surface area contributed by atoms with Crippen molar-refractivity contribution in [1.29, 1.82) is 0 Å². The maximum absolute atomic E-state index is 13.6. The molecule has 3 heterocycles. The van der Waals surface area contributed by atoms with Gasteiger partial charge in [-0.15, -0.1) is 0 Å². The molecule has 9 rings (SSSR count). The minimum Gasteiger partial charge on any atom is -0.447 e. The van der Waals surface area contributed by atoms with Crippen LogP contribution < -0.4 is 14.2 Å². The smallest absolute Gasteiger partial charge is 0.348 e. The summed E-state index contributed by atoms with van der Waals surface area (Å²) < 4.78 is 54.5. The molecule has 2 aromatic carbocycles. The van der Waals surface area contributed by atoms with E-state index in [0.29, 0.717) is 30.0 Å². The Morgan fingerprint density at radius 1 is 0.927 bits per heavy atom. The summed E-state index contributed by atoms with van der Waals surface area (Å²) in [6, 6.07) is 8.36. The third-order valence-electron chi connectivity index (χ3n) is 9.04. The lowest BCUT2D eigenvalue weighted by Gasteiger charge is -2.53. The number of Topliss-reactive ketones (excluding diaryl/α,β-unsaturated/α-hetero) is 1. The molecule has 1 aliphatic heterocycles. The van der Waals surface area contributed by atoms with E-state index in [-0.39, 0.29) is 68.0 Å². The summed E-state index contributed by atoms with van der Waals surface area (Å²) in [6.07, 6.45) is 3.08. The molecule has 2 aromatic heterocycles. The molecule has 208 valence electrons. The van der Waals surface area contributed by atoms with Gasteiger partial charge < -0.3 is 18.6 Å². The second-order valence-electron chi connectivity index (χ2n) is 11.5. The van der Waals surface area contributed by atoms with Crippen molar-refractivity contribution in [2.24, 2.45) is 23.2 Å². The minimum absolute atomic E-state index is 0.00306. The molecule has 0 radical (unpaired) electrons. The van der Waals surface area contributed by atoms with Crippen LogP contribution in [0.2, 0.25) is 0 Å². The van der Waals surface area contributed by atoms with Crippen LogP contribution >= 0.6 is 0 Å². The molecule has 1 N–H and O–H groups in total. The predicted molar refractivity (Wildman–Crippen MR) is 138 cm³/mol. The minimum atomic E-state index is -4.39. The van der Waals surface area contributed by atoms with Crippen molar-refractivity contribution >= 4 is 55.7 Å². The van der Waals surface area contributed by atoms with Crippen LogP contribution in [0.5, 0.6) is 17.2 Å². The Labute approximate surface area is 231 Å². The summed E-state index contributed by atoms with van der Waals surface area (Å²) in [6.45, 7) is 0. The Hall–Kier alpha value is -4.29. The van der Waals surface area contributed by atoms with Crippen molar-refractivity contribution in [2.75, 3.05) is 0 Å². The molecule has 5 aliphatic rings. The molecule has 41 heavy (non-hydrogen) atoms. The zero-order chi connectivity index (χ0) is 28.4. The zero-order valence-corrected chi connectivity index (χ0v) is 22.0. The summed E-state index contributed by atoms with van der Waals surface area (Å²) >= 11 is 0. The third-order valence-corrected chi connectivity index (χ3v) is 9.89. The third kappa shape index (κ3) is 3.43. The Kier molecular flexibility index (Phi) is 4.73. The number of hydrogen-bond acceptors (Lipinski definition) is 10. The monoisotopic (exact) mass is 576 g/mol. The van der Waals surface area contributed by atoms with Crippen LogP contribution in [0.25, 0.3) is 21.9 Å². The van der Waals surface area contributed by atoms with Crippen molar-refractivity contribution in [1.82, 2.24) is 0 Å². The molecule has 2 unspecified atom stereocenters. The first-order valence-electron chi connectivity index (χ1n) is 13.1. The number of carbonyl (C=O) groups excluding carboxylic acids is 4. The van der Waals surface area contributed by atoms with Crippen molar-refractivity contribution < 1.29 is 50.8 Å².